The average Bonchev–Trinajstić information content (AvgIpc) is 4.02. The van der Waals surface area contributed by atoms with E-state index in [1.54, 1.807) is 0 Å². The molecule has 2 aromatic heterocycles. The first-order valence-corrected chi connectivity index (χ1v) is 26.9. The summed E-state index contributed by atoms with van der Waals surface area (Å²) in [6, 6.07) is 50.1. The van der Waals surface area contributed by atoms with Gasteiger partial charge in [-0.3, -0.25) is 0 Å². The average molecular weight is 942 g/mol. The van der Waals surface area contributed by atoms with E-state index in [1.165, 1.54) is 120 Å². The Morgan fingerprint density at radius 3 is 1.99 bits per heavy atom. The predicted octanol–water partition coefficient (Wildman–Crippen LogP) is 16.1. The number of fused-ring (bicyclic) bond motifs is 15. The van der Waals surface area contributed by atoms with Crippen LogP contribution in [-0.4, -0.2) is 16.8 Å². The molecular formula is C67H68BN3O. The van der Waals surface area contributed by atoms with Crippen LogP contribution in [0, 0.1) is 0 Å². The van der Waals surface area contributed by atoms with Crippen LogP contribution >= 0.6 is 0 Å². The predicted molar refractivity (Wildman–Crippen MR) is 306 cm³/mol. The van der Waals surface area contributed by atoms with Crippen LogP contribution in [-0.2, 0) is 27.1 Å². The number of rotatable bonds is 2. The van der Waals surface area contributed by atoms with E-state index >= 15 is 0 Å². The Morgan fingerprint density at radius 2 is 1.21 bits per heavy atom. The van der Waals surface area contributed by atoms with Gasteiger partial charge >= 0.3 is 0 Å². The Hall–Kier alpha value is -6.46. The second kappa shape index (κ2) is 14.0. The highest BCUT2D eigenvalue weighted by atomic mass is 16.3. The molecule has 0 N–H and O–H groups in total. The first-order valence-electron chi connectivity index (χ1n) is 26.9. The van der Waals surface area contributed by atoms with Crippen molar-refractivity contribution in [3.8, 4) is 16.8 Å². The maximum absolute atomic E-state index is 7.09. The van der Waals surface area contributed by atoms with Crippen LogP contribution in [0.5, 0.6) is 0 Å². The quantitative estimate of drug-likeness (QED) is 0.161. The number of furan rings is 1. The Balaban J connectivity index is 1.17. The van der Waals surface area contributed by atoms with Gasteiger partial charge in [0.25, 0.3) is 6.71 Å². The van der Waals surface area contributed by atoms with Crippen molar-refractivity contribution < 1.29 is 4.42 Å². The Labute approximate surface area is 427 Å². The molecule has 360 valence electrons. The molecule has 2 unspecified atom stereocenters. The van der Waals surface area contributed by atoms with Crippen LogP contribution in [0.15, 0.2) is 132 Å². The fraction of sp³-hybridized carbons (Fsp3) is 0.343. The van der Waals surface area contributed by atoms with Gasteiger partial charge in [0.1, 0.15) is 5.58 Å². The largest absolute Gasteiger partial charge is 0.454 e. The third-order valence-electron chi connectivity index (χ3n) is 18.9. The molecule has 1 fully saturated rings. The second-order valence-corrected chi connectivity index (χ2v) is 26.5. The van der Waals surface area contributed by atoms with Crippen LogP contribution in [0.25, 0.3) is 49.7 Å². The van der Waals surface area contributed by atoms with Gasteiger partial charge in [-0.2, -0.15) is 0 Å². The molecule has 5 heteroatoms. The Kier molecular flexibility index (Phi) is 8.59. The molecule has 0 bridgehead atoms. The van der Waals surface area contributed by atoms with E-state index in [2.05, 4.69) is 232 Å². The summed E-state index contributed by atoms with van der Waals surface area (Å²) in [7, 11) is 0. The van der Waals surface area contributed by atoms with Gasteiger partial charge in [-0.15, -0.1) is 0 Å². The highest BCUT2D eigenvalue weighted by Gasteiger charge is 2.58. The molecule has 0 saturated heterocycles. The molecule has 2 atom stereocenters. The third kappa shape index (κ3) is 5.55. The van der Waals surface area contributed by atoms with Gasteiger partial charge in [-0.25, -0.2) is 0 Å². The van der Waals surface area contributed by atoms with E-state index in [9.17, 15) is 0 Å². The normalized spacial score (nSPS) is 20.5. The van der Waals surface area contributed by atoms with E-state index in [0.717, 1.165) is 34.0 Å². The smallest absolute Gasteiger partial charge is 0.252 e. The summed E-state index contributed by atoms with van der Waals surface area (Å²) in [5, 5.41) is 3.66. The van der Waals surface area contributed by atoms with Crippen LogP contribution in [0.2, 0.25) is 0 Å². The maximum atomic E-state index is 7.09. The molecule has 5 heterocycles. The van der Waals surface area contributed by atoms with Crippen molar-refractivity contribution in [2.75, 3.05) is 9.80 Å². The minimum Gasteiger partial charge on any atom is -0.454 e. The van der Waals surface area contributed by atoms with Gasteiger partial charge in [0.15, 0.2) is 5.58 Å². The fourth-order valence-corrected chi connectivity index (χ4v) is 14.8. The van der Waals surface area contributed by atoms with E-state index < -0.39 is 0 Å². The molecule has 72 heavy (non-hydrogen) atoms. The van der Waals surface area contributed by atoms with E-state index in [-0.39, 0.29) is 39.3 Å². The zero-order chi connectivity index (χ0) is 50.0. The number of para-hydroxylation sites is 2. The van der Waals surface area contributed by atoms with E-state index in [4.69, 9.17) is 4.42 Å². The van der Waals surface area contributed by atoms with Gasteiger partial charge in [-0.1, -0.05) is 181 Å². The van der Waals surface area contributed by atoms with E-state index in [1.807, 2.05) is 0 Å². The first kappa shape index (κ1) is 44.3. The number of hydrogen-bond donors (Lipinski definition) is 0. The van der Waals surface area contributed by atoms with Crippen molar-refractivity contribution in [1.82, 2.24) is 4.57 Å². The van der Waals surface area contributed by atoms with Crippen LogP contribution in [0.3, 0.4) is 0 Å². The monoisotopic (exact) mass is 942 g/mol. The molecule has 0 amide bonds. The number of anilines is 5. The highest BCUT2D eigenvalue weighted by molar-refractivity contribution is 7.00. The molecule has 1 saturated carbocycles. The molecule has 5 aliphatic rings. The summed E-state index contributed by atoms with van der Waals surface area (Å²) in [6.07, 6.45) is 4.76. The van der Waals surface area contributed by atoms with Crippen LogP contribution in [0.1, 0.15) is 149 Å². The minimum absolute atomic E-state index is 0.0133. The van der Waals surface area contributed by atoms with Gasteiger partial charge in [0.2, 0.25) is 0 Å². The molecular weight excluding hydrogens is 874 g/mol. The third-order valence-corrected chi connectivity index (χ3v) is 18.9. The maximum Gasteiger partial charge on any atom is 0.252 e. The lowest BCUT2D eigenvalue weighted by atomic mass is 9.33. The zero-order valence-electron chi connectivity index (χ0n) is 44.8. The molecule has 7 aromatic carbocycles. The summed E-state index contributed by atoms with van der Waals surface area (Å²) in [6.45, 7) is 31.5. The molecule has 9 aromatic rings. The summed E-state index contributed by atoms with van der Waals surface area (Å²) in [4.78, 5) is 5.47. The van der Waals surface area contributed by atoms with Gasteiger partial charge in [0.05, 0.1) is 11.2 Å². The lowest BCUT2D eigenvalue weighted by Crippen LogP contribution is -2.61. The van der Waals surface area contributed by atoms with E-state index in [0.29, 0.717) is 0 Å². The number of nitrogens with zero attached hydrogens (tertiary/aromatic N) is 3. The Morgan fingerprint density at radius 1 is 0.528 bits per heavy atom. The van der Waals surface area contributed by atoms with Gasteiger partial charge in [0, 0.05) is 72.2 Å². The standard InChI is InChI=1S/C67H68BN3O/c1-62(2,3)39-28-30-51-48(34-39)66(12)31-18-19-32-67(66,13)71(51)42-37-54-58-55(38-42)70-59-46(57-45-22-14-16-24-47(45)65(10,11)61(57)70)33-41(64(7,8)9)35-50(59)68(58)49-29-27-40(63(4,5)6)36-53(49)69(54)52-25-20-23-44-43-21-15-17-26-56(43)72-60(44)52/h14-17,20-30,33-38H,18-19,31-32H2,1-13H3. The summed E-state index contributed by atoms with van der Waals surface area (Å²) < 4.78 is 9.87. The molecule has 4 nitrogen and oxygen atoms in total. The van der Waals surface area contributed by atoms with Crippen molar-refractivity contribution >= 4 is 84.4 Å². The zero-order valence-corrected chi connectivity index (χ0v) is 44.8. The molecule has 2 aliphatic carbocycles. The van der Waals surface area contributed by atoms with Crippen molar-refractivity contribution in [1.29, 1.82) is 0 Å². The highest BCUT2D eigenvalue weighted by Crippen LogP contribution is 2.63. The lowest BCUT2D eigenvalue weighted by molar-refractivity contribution is 0.195. The number of aromatic nitrogens is 1. The number of benzene rings is 7. The van der Waals surface area contributed by atoms with Gasteiger partial charge in [-0.05, 0) is 128 Å². The van der Waals surface area contributed by atoms with Crippen molar-refractivity contribution in [2.45, 2.75) is 148 Å². The first-order chi connectivity index (χ1) is 34.1. The molecule has 14 rings (SSSR count). The van der Waals surface area contributed by atoms with Crippen molar-refractivity contribution in [3.63, 3.8) is 0 Å². The molecule has 0 radical (unpaired) electrons. The topological polar surface area (TPSA) is 24.6 Å². The minimum atomic E-state index is -0.259. The lowest BCUT2D eigenvalue weighted by Gasteiger charge is -2.51. The number of hydrogen-bond acceptors (Lipinski definition) is 3. The summed E-state index contributed by atoms with van der Waals surface area (Å²) in [5.74, 6) is 0. The van der Waals surface area contributed by atoms with Gasteiger partial charge < -0.3 is 18.8 Å². The second-order valence-electron chi connectivity index (χ2n) is 26.5. The Bertz CT molecular complexity index is 3860. The van der Waals surface area contributed by atoms with Crippen LogP contribution in [0.4, 0.5) is 28.4 Å². The fourth-order valence-electron chi connectivity index (χ4n) is 14.8. The SMILES string of the molecule is CC(C)(C)c1ccc2c(c1)N(c1cccc3c1oc1ccccc13)c1cc(N3c4ccc(C(C)(C)C)cc4C4(C)CCCCC34C)cc3c1B2c1cc(C(C)(C)C)cc2c4c(n-3c12)C(C)(C)c1ccccc1-4. The van der Waals surface area contributed by atoms with Crippen LogP contribution < -0.4 is 26.2 Å². The van der Waals surface area contributed by atoms with Crippen molar-refractivity contribution in [2.24, 2.45) is 0 Å². The summed E-state index contributed by atoms with van der Waals surface area (Å²) in [5.41, 5.74) is 25.4. The van der Waals surface area contributed by atoms with Crippen molar-refractivity contribution in [3.05, 3.63) is 161 Å². The molecule has 0 spiro atoms. The molecule has 3 aliphatic heterocycles. The summed E-state index contributed by atoms with van der Waals surface area (Å²) >= 11 is 0.